The maximum absolute atomic E-state index is 11.3. The summed E-state index contributed by atoms with van der Waals surface area (Å²) < 4.78 is 12.1. The van der Waals surface area contributed by atoms with Crippen LogP contribution in [0.15, 0.2) is 103 Å². The first-order valence-corrected chi connectivity index (χ1v) is 19.0. The standard InChI is InChI=1S/C42H44N2O4S2/c1-3-5-7-9-27-47-36-19-15-34(16-20-36)44(35-17-21-37(22-18-35)48-28-10-8-6-4-2)33-13-11-31(12-14-33)39-25-26-41(50-39)40-24-23-38(49-40)29-32(30-43)42(45)46/h11-26,29H,3-10,27-28H2,1-2H3,(H,45,46). The number of benzene rings is 3. The minimum Gasteiger partial charge on any atom is -0.494 e. The zero-order chi connectivity index (χ0) is 35.1. The summed E-state index contributed by atoms with van der Waals surface area (Å²) in [7, 11) is 0. The molecule has 3 aromatic carbocycles. The third kappa shape index (κ3) is 10.1. The molecule has 0 saturated carbocycles. The minimum atomic E-state index is -1.22. The molecule has 0 saturated heterocycles. The van der Waals surface area contributed by atoms with Crippen LogP contribution in [-0.4, -0.2) is 24.3 Å². The molecule has 0 bridgehead atoms. The average molecular weight is 705 g/mol. The van der Waals surface area contributed by atoms with Crippen LogP contribution in [0.3, 0.4) is 0 Å². The molecule has 50 heavy (non-hydrogen) atoms. The van der Waals surface area contributed by atoms with E-state index in [-0.39, 0.29) is 5.57 Å². The SMILES string of the molecule is CCCCCCOc1ccc(N(c2ccc(OCCCCCC)cc2)c2ccc(-c3ccc(-c4ccc(C=C(C#N)C(=O)O)s4)s3)cc2)cc1. The van der Waals surface area contributed by atoms with Gasteiger partial charge >= 0.3 is 5.97 Å². The monoisotopic (exact) mass is 704 g/mol. The Morgan fingerprint density at radius 3 is 1.64 bits per heavy atom. The molecule has 0 radical (unpaired) electrons. The topological polar surface area (TPSA) is 82.8 Å². The van der Waals surface area contributed by atoms with E-state index in [0.29, 0.717) is 0 Å². The highest BCUT2D eigenvalue weighted by molar-refractivity contribution is 7.24. The highest BCUT2D eigenvalue weighted by Gasteiger charge is 2.15. The molecular weight excluding hydrogens is 661 g/mol. The number of aliphatic carboxylic acids is 1. The molecule has 0 aliphatic rings. The van der Waals surface area contributed by atoms with Gasteiger partial charge in [-0.25, -0.2) is 4.79 Å². The molecule has 0 amide bonds. The van der Waals surface area contributed by atoms with E-state index in [4.69, 9.17) is 14.7 Å². The van der Waals surface area contributed by atoms with Gasteiger partial charge in [0.05, 0.1) is 13.2 Å². The quantitative estimate of drug-likeness (QED) is 0.0523. The number of hydrogen-bond acceptors (Lipinski definition) is 7. The number of rotatable bonds is 19. The van der Waals surface area contributed by atoms with Gasteiger partial charge in [-0.3, -0.25) is 0 Å². The van der Waals surface area contributed by atoms with Crippen LogP contribution >= 0.6 is 22.7 Å². The lowest BCUT2D eigenvalue weighted by molar-refractivity contribution is -0.132. The van der Waals surface area contributed by atoms with Gasteiger partial charge in [-0.1, -0.05) is 64.5 Å². The molecule has 5 rings (SSSR count). The second-order valence-electron chi connectivity index (χ2n) is 12.0. The summed E-state index contributed by atoms with van der Waals surface area (Å²) in [6, 6.07) is 35.0. The van der Waals surface area contributed by atoms with Crippen molar-refractivity contribution >= 4 is 51.8 Å². The number of hydrogen-bond donors (Lipinski definition) is 1. The summed E-state index contributed by atoms with van der Waals surface area (Å²) >= 11 is 3.15. The number of anilines is 3. The maximum Gasteiger partial charge on any atom is 0.346 e. The van der Waals surface area contributed by atoms with Gasteiger partial charge in [0, 0.05) is 36.6 Å². The third-order valence-electron chi connectivity index (χ3n) is 8.25. The second kappa shape index (κ2) is 18.8. The Balaban J connectivity index is 1.35. The normalized spacial score (nSPS) is 11.3. The van der Waals surface area contributed by atoms with Gasteiger partial charge in [-0.15, -0.1) is 22.7 Å². The molecule has 5 aromatic rings. The van der Waals surface area contributed by atoms with Crippen molar-refractivity contribution in [3.63, 3.8) is 0 Å². The number of nitrogens with zero attached hydrogens (tertiary/aromatic N) is 2. The Morgan fingerprint density at radius 2 is 1.14 bits per heavy atom. The lowest BCUT2D eigenvalue weighted by Crippen LogP contribution is -2.10. The van der Waals surface area contributed by atoms with Gasteiger partial charge in [0.1, 0.15) is 23.1 Å². The highest BCUT2D eigenvalue weighted by Crippen LogP contribution is 2.40. The van der Waals surface area contributed by atoms with Crippen LogP contribution in [-0.2, 0) is 4.79 Å². The van der Waals surface area contributed by atoms with E-state index >= 15 is 0 Å². The molecule has 8 heteroatoms. The molecule has 0 aliphatic carbocycles. The summed E-state index contributed by atoms with van der Waals surface area (Å²) in [5.41, 5.74) is 3.94. The van der Waals surface area contributed by atoms with E-state index < -0.39 is 5.97 Å². The van der Waals surface area contributed by atoms with Crippen molar-refractivity contribution in [3.8, 4) is 37.8 Å². The molecule has 2 aromatic heterocycles. The molecule has 2 heterocycles. The van der Waals surface area contributed by atoms with Crippen molar-refractivity contribution in [2.24, 2.45) is 0 Å². The van der Waals surface area contributed by atoms with E-state index in [2.05, 4.69) is 79.4 Å². The van der Waals surface area contributed by atoms with Crippen LogP contribution < -0.4 is 14.4 Å². The Kier molecular flexibility index (Phi) is 13.7. The Labute approximate surface area is 303 Å². The number of ether oxygens (including phenoxy) is 2. The van der Waals surface area contributed by atoms with E-state index in [0.717, 1.165) is 79.7 Å². The Morgan fingerprint density at radius 1 is 0.660 bits per heavy atom. The summed E-state index contributed by atoms with van der Waals surface area (Å²) in [5, 5.41) is 18.3. The fourth-order valence-electron chi connectivity index (χ4n) is 5.51. The van der Waals surface area contributed by atoms with Crippen molar-refractivity contribution in [3.05, 3.63) is 108 Å². The molecule has 1 N–H and O–H groups in total. The predicted octanol–water partition coefficient (Wildman–Crippen LogP) is 12.5. The van der Waals surface area contributed by atoms with Gasteiger partial charge in [0.25, 0.3) is 0 Å². The van der Waals surface area contributed by atoms with Crippen LogP contribution in [0.4, 0.5) is 17.1 Å². The van der Waals surface area contributed by atoms with Gasteiger partial charge in [-0.05, 0) is 109 Å². The molecule has 0 fully saturated rings. The second-order valence-corrected chi connectivity index (χ2v) is 14.2. The molecule has 0 unspecified atom stereocenters. The fraction of sp³-hybridized carbons (Fsp3) is 0.286. The summed E-state index contributed by atoms with van der Waals surface area (Å²) in [6.45, 7) is 5.89. The molecule has 0 spiro atoms. The van der Waals surface area contributed by atoms with E-state index in [1.807, 2.05) is 36.4 Å². The molecular formula is C42H44N2O4S2. The van der Waals surface area contributed by atoms with Gasteiger partial charge in [-0.2, -0.15) is 5.26 Å². The lowest BCUT2D eigenvalue weighted by Gasteiger charge is -2.26. The van der Waals surface area contributed by atoms with Crippen molar-refractivity contribution in [2.75, 3.05) is 18.1 Å². The van der Waals surface area contributed by atoms with Crippen molar-refractivity contribution < 1.29 is 19.4 Å². The minimum absolute atomic E-state index is 0.274. The summed E-state index contributed by atoms with van der Waals surface area (Å²) in [5.74, 6) is 0.533. The predicted molar refractivity (Wildman–Crippen MR) is 208 cm³/mol. The molecule has 0 atom stereocenters. The maximum atomic E-state index is 11.3. The number of unbranched alkanes of at least 4 members (excludes halogenated alkanes) is 6. The van der Waals surface area contributed by atoms with Crippen LogP contribution in [0.25, 0.3) is 26.3 Å². The Bertz CT molecular complexity index is 1810. The van der Waals surface area contributed by atoms with E-state index in [1.54, 1.807) is 17.4 Å². The summed E-state index contributed by atoms with van der Waals surface area (Å²) in [4.78, 5) is 17.5. The fourth-order valence-corrected chi connectivity index (χ4v) is 7.57. The number of carbonyl (C=O) groups is 1. The zero-order valence-corrected chi connectivity index (χ0v) is 30.4. The first kappa shape index (κ1) is 36.4. The van der Waals surface area contributed by atoms with Crippen molar-refractivity contribution in [2.45, 2.75) is 65.2 Å². The molecule has 6 nitrogen and oxygen atoms in total. The number of nitriles is 1. The van der Waals surface area contributed by atoms with E-state index in [1.165, 1.54) is 55.9 Å². The van der Waals surface area contributed by atoms with Crippen LogP contribution in [0, 0.1) is 11.3 Å². The van der Waals surface area contributed by atoms with Crippen LogP contribution in [0.5, 0.6) is 11.5 Å². The number of carboxylic acid groups (broad SMARTS) is 1. The van der Waals surface area contributed by atoms with Crippen molar-refractivity contribution in [1.82, 2.24) is 0 Å². The largest absolute Gasteiger partial charge is 0.494 e. The number of thiophene rings is 2. The van der Waals surface area contributed by atoms with Crippen LogP contribution in [0.2, 0.25) is 0 Å². The van der Waals surface area contributed by atoms with Gasteiger partial charge in [0.15, 0.2) is 0 Å². The first-order chi connectivity index (χ1) is 24.5. The number of carboxylic acids is 1. The van der Waals surface area contributed by atoms with Gasteiger partial charge < -0.3 is 19.5 Å². The zero-order valence-electron chi connectivity index (χ0n) is 28.8. The highest BCUT2D eigenvalue weighted by atomic mass is 32.1. The van der Waals surface area contributed by atoms with Crippen molar-refractivity contribution in [1.29, 1.82) is 5.26 Å². The molecule has 0 aliphatic heterocycles. The van der Waals surface area contributed by atoms with E-state index in [9.17, 15) is 9.90 Å². The van der Waals surface area contributed by atoms with Gasteiger partial charge in [0.2, 0.25) is 0 Å². The lowest BCUT2D eigenvalue weighted by atomic mass is 10.1. The Hall–Kier alpha value is -4.84. The first-order valence-electron chi connectivity index (χ1n) is 17.4. The average Bonchev–Trinajstić information content (AvgIpc) is 3.82. The molecule has 258 valence electrons. The summed E-state index contributed by atoms with van der Waals surface area (Å²) in [6.07, 6.45) is 10.8. The third-order valence-corrected chi connectivity index (χ3v) is 10.6. The smallest absolute Gasteiger partial charge is 0.346 e. The van der Waals surface area contributed by atoms with Crippen LogP contribution in [0.1, 0.15) is 70.1 Å².